The standard InChI is InChI=1S/C14H23N3O2/c1-4-9(2)17-13(11-5-6-11)12(8-16-17)14(19)15-7-10(3)18/h8-11,18H,4-7H2,1-3H3,(H,15,19). The number of aliphatic hydroxyl groups is 1. The van der Waals surface area contributed by atoms with Crippen molar-refractivity contribution in [3.8, 4) is 0 Å². The molecule has 0 bridgehead atoms. The molecule has 0 radical (unpaired) electrons. The Hall–Kier alpha value is -1.36. The highest BCUT2D eigenvalue weighted by atomic mass is 16.3. The molecule has 1 saturated carbocycles. The second-order valence-electron chi connectivity index (χ2n) is 5.48. The van der Waals surface area contributed by atoms with Crippen molar-refractivity contribution in [3.05, 3.63) is 17.5 Å². The van der Waals surface area contributed by atoms with Crippen LogP contribution in [0.2, 0.25) is 0 Å². The molecule has 106 valence electrons. The molecular formula is C14H23N3O2. The van der Waals surface area contributed by atoms with Gasteiger partial charge in [-0.2, -0.15) is 5.10 Å². The van der Waals surface area contributed by atoms with Gasteiger partial charge in [-0.15, -0.1) is 0 Å². The first-order valence-corrected chi connectivity index (χ1v) is 7.08. The first kappa shape index (κ1) is 14.1. The summed E-state index contributed by atoms with van der Waals surface area (Å²) in [4.78, 5) is 12.2. The Balaban J connectivity index is 2.20. The largest absolute Gasteiger partial charge is 0.392 e. The summed E-state index contributed by atoms with van der Waals surface area (Å²) in [5.74, 6) is 0.348. The highest BCUT2D eigenvalue weighted by Crippen LogP contribution is 2.42. The number of aliphatic hydroxyl groups excluding tert-OH is 1. The quantitative estimate of drug-likeness (QED) is 0.824. The van der Waals surface area contributed by atoms with Gasteiger partial charge in [0.05, 0.1) is 23.6 Å². The Morgan fingerprint density at radius 1 is 1.58 bits per heavy atom. The van der Waals surface area contributed by atoms with Gasteiger partial charge in [-0.3, -0.25) is 9.48 Å². The van der Waals surface area contributed by atoms with E-state index in [0.29, 0.717) is 17.5 Å². The molecule has 0 aliphatic heterocycles. The monoisotopic (exact) mass is 265 g/mol. The van der Waals surface area contributed by atoms with E-state index in [-0.39, 0.29) is 12.5 Å². The number of hydrogen-bond acceptors (Lipinski definition) is 3. The molecule has 19 heavy (non-hydrogen) atoms. The first-order chi connectivity index (χ1) is 9.04. The van der Waals surface area contributed by atoms with Gasteiger partial charge in [-0.25, -0.2) is 0 Å². The Labute approximate surface area is 114 Å². The van der Waals surface area contributed by atoms with E-state index in [1.165, 1.54) is 0 Å². The van der Waals surface area contributed by atoms with Crippen LogP contribution in [0, 0.1) is 0 Å². The van der Waals surface area contributed by atoms with Gasteiger partial charge in [-0.1, -0.05) is 6.92 Å². The van der Waals surface area contributed by atoms with E-state index in [9.17, 15) is 9.90 Å². The van der Waals surface area contributed by atoms with E-state index in [1.54, 1.807) is 13.1 Å². The summed E-state index contributed by atoms with van der Waals surface area (Å²) in [5.41, 5.74) is 1.74. The van der Waals surface area contributed by atoms with Crippen LogP contribution in [0.5, 0.6) is 0 Å². The fraction of sp³-hybridized carbons (Fsp3) is 0.714. The summed E-state index contributed by atoms with van der Waals surface area (Å²) >= 11 is 0. The van der Waals surface area contributed by atoms with E-state index in [1.807, 2.05) is 4.68 Å². The van der Waals surface area contributed by atoms with Gasteiger partial charge in [0.15, 0.2) is 0 Å². The van der Waals surface area contributed by atoms with Crippen LogP contribution >= 0.6 is 0 Å². The van der Waals surface area contributed by atoms with Gasteiger partial charge in [0.1, 0.15) is 0 Å². The van der Waals surface area contributed by atoms with Gasteiger partial charge < -0.3 is 10.4 Å². The second-order valence-corrected chi connectivity index (χ2v) is 5.48. The average Bonchev–Trinajstić information content (AvgIpc) is 3.13. The Kier molecular flexibility index (Phi) is 4.24. The zero-order valence-corrected chi connectivity index (χ0v) is 11.9. The SMILES string of the molecule is CCC(C)n1ncc(C(=O)NCC(C)O)c1C1CC1. The molecule has 1 aromatic heterocycles. The maximum atomic E-state index is 12.2. The van der Waals surface area contributed by atoms with E-state index in [0.717, 1.165) is 25.0 Å². The molecule has 1 aliphatic rings. The van der Waals surface area contributed by atoms with Crippen molar-refractivity contribution in [2.45, 2.75) is 58.1 Å². The Bertz CT molecular complexity index is 450. The molecule has 0 saturated heterocycles. The normalized spacial score (nSPS) is 18.1. The molecule has 5 heteroatoms. The lowest BCUT2D eigenvalue weighted by Gasteiger charge is -2.14. The molecule has 2 rings (SSSR count). The van der Waals surface area contributed by atoms with Crippen LogP contribution in [0.25, 0.3) is 0 Å². The van der Waals surface area contributed by atoms with Crippen molar-refractivity contribution >= 4 is 5.91 Å². The van der Waals surface area contributed by atoms with Crippen molar-refractivity contribution in [2.24, 2.45) is 0 Å². The highest BCUT2D eigenvalue weighted by Gasteiger charge is 2.33. The molecule has 2 unspecified atom stereocenters. The molecule has 1 aliphatic carbocycles. The molecule has 5 nitrogen and oxygen atoms in total. The van der Waals surface area contributed by atoms with Gasteiger partial charge in [0.2, 0.25) is 0 Å². The Morgan fingerprint density at radius 2 is 2.26 bits per heavy atom. The van der Waals surface area contributed by atoms with E-state index in [4.69, 9.17) is 0 Å². The van der Waals surface area contributed by atoms with E-state index >= 15 is 0 Å². The number of carbonyl (C=O) groups is 1. The summed E-state index contributed by atoms with van der Waals surface area (Å²) in [6, 6.07) is 0.314. The van der Waals surface area contributed by atoms with Crippen LogP contribution in [0.15, 0.2) is 6.20 Å². The van der Waals surface area contributed by atoms with Gasteiger partial charge in [-0.05, 0) is 33.1 Å². The van der Waals surface area contributed by atoms with Crippen LogP contribution in [0.4, 0.5) is 0 Å². The molecule has 2 atom stereocenters. The number of nitrogens with zero attached hydrogens (tertiary/aromatic N) is 2. The summed E-state index contributed by atoms with van der Waals surface area (Å²) in [7, 11) is 0. The predicted molar refractivity (Wildman–Crippen MR) is 73.2 cm³/mol. The minimum absolute atomic E-state index is 0.127. The third-order valence-electron chi connectivity index (χ3n) is 3.61. The van der Waals surface area contributed by atoms with Crippen LogP contribution in [0.1, 0.15) is 68.0 Å². The Morgan fingerprint density at radius 3 is 2.79 bits per heavy atom. The number of rotatable bonds is 6. The third kappa shape index (κ3) is 3.15. The molecule has 1 fully saturated rings. The molecule has 1 aromatic rings. The fourth-order valence-corrected chi connectivity index (χ4v) is 2.17. The molecule has 2 N–H and O–H groups in total. The summed E-state index contributed by atoms with van der Waals surface area (Å²) < 4.78 is 1.99. The zero-order valence-electron chi connectivity index (χ0n) is 11.9. The minimum atomic E-state index is -0.530. The maximum Gasteiger partial charge on any atom is 0.254 e. The molecule has 1 amide bonds. The van der Waals surface area contributed by atoms with Crippen molar-refractivity contribution in [2.75, 3.05) is 6.54 Å². The van der Waals surface area contributed by atoms with Crippen molar-refractivity contribution in [1.29, 1.82) is 0 Å². The fourth-order valence-electron chi connectivity index (χ4n) is 2.17. The topological polar surface area (TPSA) is 67.2 Å². The summed E-state index contributed by atoms with van der Waals surface area (Å²) in [6.45, 7) is 6.18. The predicted octanol–water partition coefficient (Wildman–Crippen LogP) is 1.84. The average molecular weight is 265 g/mol. The van der Waals surface area contributed by atoms with Crippen LogP contribution in [-0.4, -0.2) is 33.4 Å². The lowest BCUT2D eigenvalue weighted by atomic mass is 10.1. The van der Waals surface area contributed by atoms with Gasteiger partial charge in [0.25, 0.3) is 5.91 Å². The van der Waals surface area contributed by atoms with Gasteiger partial charge >= 0.3 is 0 Å². The van der Waals surface area contributed by atoms with Crippen molar-refractivity contribution in [3.63, 3.8) is 0 Å². The zero-order chi connectivity index (χ0) is 14.0. The maximum absolute atomic E-state index is 12.2. The number of aromatic nitrogens is 2. The molecule has 0 aromatic carbocycles. The van der Waals surface area contributed by atoms with E-state index < -0.39 is 6.10 Å². The molecule has 0 spiro atoms. The number of carbonyl (C=O) groups excluding carboxylic acids is 1. The van der Waals surface area contributed by atoms with Crippen molar-refractivity contribution < 1.29 is 9.90 Å². The minimum Gasteiger partial charge on any atom is -0.392 e. The number of amides is 1. The number of nitrogens with one attached hydrogen (secondary N) is 1. The molecule has 1 heterocycles. The lowest BCUT2D eigenvalue weighted by molar-refractivity contribution is 0.0923. The highest BCUT2D eigenvalue weighted by molar-refractivity contribution is 5.95. The van der Waals surface area contributed by atoms with Crippen LogP contribution < -0.4 is 5.32 Å². The van der Waals surface area contributed by atoms with E-state index in [2.05, 4.69) is 24.3 Å². The third-order valence-corrected chi connectivity index (χ3v) is 3.61. The number of hydrogen-bond donors (Lipinski definition) is 2. The summed E-state index contributed by atoms with van der Waals surface area (Å²) in [6.07, 6.45) is 4.41. The lowest BCUT2D eigenvalue weighted by Crippen LogP contribution is -2.31. The van der Waals surface area contributed by atoms with Crippen LogP contribution in [0.3, 0.4) is 0 Å². The summed E-state index contributed by atoms with van der Waals surface area (Å²) in [5, 5.41) is 16.4. The van der Waals surface area contributed by atoms with Crippen LogP contribution in [-0.2, 0) is 0 Å². The van der Waals surface area contributed by atoms with Crippen molar-refractivity contribution in [1.82, 2.24) is 15.1 Å². The van der Waals surface area contributed by atoms with Gasteiger partial charge in [0, 0.05) is 18.5 Å². The smallest absolute Gasteiger partial charge is 0.254 e. The molecular weight excluding hydrogens is 242 g/mol. The first-order valence-electron chi connectivity index (χ1n) is 7.08. The second kappa shape index (κ2) is 5.74.